The van der Waals surface area contributed by atoms with Crippen LogP contribution >= 0.6 is 0 Å². The summed E-state index contributed by atoms with van der Waals surface area (Å²) in [6.07, 6.45) is 3.85. The monoisotopic (exact) mass is 414 g/mol. The van der Waals surface area contributed by atoms with Crippen LogP contribution in [0.15, 0.2) is 60.8 Å². The zero-order valence-electron chi connectivity index (χ0n) is 18.3. The second-order valence-electron chi connectivity index (χ2n) is 8.37. The molecular formula is C26H30N4O. The molecular weight excluding hydrogens is 384 g/mol. The van der Waals surface area contributed by atoms with Crippen LogP contribution in [0.3, 0.4) is 0 Å². The zero-order valence-corrected chi connectivity index (χ0v) is 18.3. The highest BCUT2D eigenvalue weighted by Crippen LogP contribution is 2.30. The molecule has 1 aliphatic rings. The maximum Gasteiger partial charge on any atom is 0.253 e. The lowest BCUT2D eigenvalue weighted by atomic mass is 9.89. The van der Waals surface area contributed by atoms with Gasteiger partial charge in [0.15, 0.2) is 0 Å². The number of carbonyl (C=O) groups excluding carboxylic acids is 1. The summed E-state index contributed by atoms with van der Waals surface area (Å²) in [5.41, 5.74) is 6.04. The number of aryl methyl sites for hydroxylation is 2. The minimum atomic E-state index is -0.0401. The molecule has 0 saturated carbocycles. The highest BCUT2D eigenvalue weighted by Gasteiger charge is 2.26. The number of nitrogens with zero attached hydrogens (tertiary/aromatic N) is 3. The number of hydrogen-bond acceptors (Lipinski definition) is 4. The van der Waals surface area contributed by atoms with Crippen LogP contribution < -0.4 is 5.32 Å². The molecule has 1 amide bonds. The predicted octanol–water partition coefficient (Wildman–Crippen LogP) is 4.40. The molecule has 3 heterocycles. The van der Waals surface area contributed by atoms with Gasteiger partial charge >= 0.3 is 0 Å². The van der Waals surface area contributed by atoms with Gasteiger partial charge in [-0.25, -0.2) is 0 Å². The first kappa shape index (κ1) is 21.2. The molecule has 31 heavy (non-hydrogen) atoms. The van der Waals surface area contributed by atoms with E-state index in [4.69, 9.17) is 4.98 Å². The highest BCUT2D eigenvalue weighted by atomic mass is 16.1. The summed E-state index contributed by atoms with van der Waals surface area (Å²) in [5.74, 6) is 0.265. The van der Waals surface area contributed by atoms with E-state index in [0.717, 1.165) is 55.1 Å². The normalized spacial score (nSPS) is 15.0. The third kappa shape index (κ3) is 5.36. The van der Waals surface area contributed by atoms with E-state index in [1.807, 2.05) is 49.5 Å². The molecule has 1 N–H and O–H groups in total. The maximum atomic E-state index is 13.0. The summed E-state index contributed by atoms with van der Waals surface area (Å²) in [6.45, 7) is 7.44. The molecule has 5 heteroatoms. The van der Waals surface area contributed by atoms with Crippen LogP contribution in [0.25, 0.3) is 0 Å². The minimum Gasteiger partial charge on any atom is -0.348 e. The lowest BCUT2D eigenvalue weighted by molar-refractivity contribution is 0.0948. The molecule has 1 fully saturated rings. The van der Waals surface area contributed by atoms with Gasteiger partial charge in [-0.05, 0) is 75.2 Å². The van der Waals surface area contributed by atoms with E-state index in [9.17, 15) is 4.79 Å². The fourth-order valence-electron chi connectivity index (χ4n) is 4.24. The van der Waals surface area contributed by atoms with Gasteiger partial charge in [-0.3, -0.25) is 19.7 Å². The third-order valence-corrected chi connectivity index (χ3v) is 6.10. The Balaban J connectivity index is 1.42. The van der Waals surface area contributed by atoms with Crippen LogP contribution in [0.2, 0.25) is 0 Å². The second kappa shape index (κ2) is 9.84. The molecule has 1 saturated heterocycles. The average molecular weight is 415 g/mol. The summed E-state index contributed by atoms with van der Waals surface area (Å²) in [6, 6.07) is 18.1. The molecule has 0 unspecified atom stereocenters. The van der Waals surface area contributed by atoms with E-state index in [0.29, 0.717) is 18.0 Å². The van der Waals surface area contributed by atoms with Crippen molar-refractivity contribution < 1.29 is 4.79 Å². The molecule has 3 aromatic rings. The average Bonchev–Trinajstić information content (AvgIpc) is 2.79. The number of nitrogens with one attached hydrogen (secondary N) is 1. The number of pyridine rings is 2. The summed E-state index contributed by atoms with van der Waals surface area (Å²) in [5, 5.41) is 3.10. The van der Waals surface area contributed by atoms with Crippen molar-refractivity contribution in [2.24, 2.45) is 0 Å². The summed E-state index contributed by atoms with van der Waals surface area (Å²) < 4.78 is 0. The van der Waals surface area contributed by atoms with Crippen LogP contribution in [0.4, 0.5) is 0 Å². The lowest BCUT2D eigenvalue weighted by Gasteiger charge is -2.32. The van der Waals surface area contributed by atoms with E-state index >= 15 is 0 Å². The Morgan fingerprint density at radius 3 is 2.55 bits per heavy atom. The smallest absolute Gasteiger partial charge is 0.253 e. The van der Waals surface area contributed by atoms with Gasteiger partial charge in [-0.15, -0.1) is 0 Å². The Morgan fingerprint density at radius 1 is 1.03 bits per heavy atom. The van der Waals surface area contributed by atoms with E-state index in [-0.39, 0.29) is 5.91 Å². The first-order chi connectivity index (χ1) is 15.1. The molecule has 0 bridgehead atoms. The molecule has 0 radical (unpaired) electrons. The van der Waals surface area contributed by atoms with Gasteiger partial charge < -0.3 is 5.32 Å². The number of hydrogen-bond donors (Lipinski definition) is 1. The number of rotatable bonds is 6. The number of carbonyl (C=O) groups is 1. The summed E-state index contributed by atoms with van der Waals surface area (Å²) in [7, 11) is 0. The fourth-order valence-corrected chi connectivity index (χ4v) is 4.24. The van der Waals surface area contributed by atoms with E-state index in [2.05, 4.69) is 40.3 Å². The van der Waals surface area contributed by atoms with Crippen molar-refractivity contribution in [1.82, 2.24) is 20.2 Å². The van der Waals surface area contributed by atoms with Crippen molar-refractivity contribution >= 4 is 5.91 Å². The first-order valence-electron chi connectivity index (χ1n) is 11.0. The van der Waals surface area contributed by atoms with Gasteiger partial charge in [0.05, 0.1) is 17.0 Å². The first-order valence-corrected chi connectivity index (χ1v) is 11.0. The molecule has 5 nitrogen and oxygen atoms in total. The number of likely N-dealkylation sites (tertiary alicyclic amines) is 1. The van der Waals surface area contributed by atoms with E-state index < -0.39 is 0 Å². The molecule has 160 valence electrons. The van der Waals surface area contributed by atoms with Gasteiger partial charge in [0.2, 0.25) is 0 Å². The SMILES string of the molecule is Cc1ccc(C(=O)NCc2ccccc2C)c(C2CCN(Cc3ccccn3)CC2)n1. The Morgan fingerprint density at radius 2 is 1.81 bits per heavy atom. The third-order valence-electron chi connectivity index (χ3n) is 6.10. The Bertz CT molecular complexity index is 1030. The molecule has 0 aliphatic carbocycles. The van der Waals surface area contributed by atoms with Gasteiger partial charge in [0, 0.05) is 30.9 Å². The van der Waals surface area contributed by atoms with Crippen molar-refractivity contribution in [2.45, 2.75) is 45.7 Å². The Labute approximate surface area is 184 Å². The predicted molar refractivity (Wildman–Crippen MR) is 123 cm³/mol. The standard InChI is InChI=1S/C26H30N4O/c1-19-7-3-4-8-22(19)17-28-26(31)24-11-10-20(2)29-25(24)21-12-15-30(16-13-21)18-23-9-5-6-14-27-23/h3-11,14,21H,12-13,15-18H2,1-2H3,(H,28,31). The quantitative estimate of drug-likeness (QED) is 0.649. The molecule has 1 aliphatic heterocycles. The number of benzene rings is 1. The van der Waals surface area contributed by atoms with E-state index in [1.165, 1.54) is 5.56 Å². The Kier molecular flexibility index (Phi) is 6.73. The van der Waals surface area contributed by atoms with Crippen LogP contribution in [-0.4, -0.2) is 33.9 Å². The minimum absolute atomic E-state index is 0.0401. The van der Waals surface area contributed by atoms with E-state index in [1.54, 1.807) is 0 Å². The maximum absolute atomic E-state index is 13.0. The zero-order chi connectivity index (χ0) is 21.6. The summed E-state index contributed by atoms with van der Waals surface area (Å²) >= 11 is 0. The lowest BCUT2D eigenvalue weighted by Crippen LogP contribution is -2.34. The van der Waals surface area contributed by atoms with Gasteiger partial charge in [-0.2, -0.15) is 0 Å². The molecule has 4 rings (SSSR count). The van der Waals surface area contributed by atoms with Crippen LogP contribution in [0, 0.1) is 13.8 Å². The van der Waals surface area contributed by atoms with Gasteiger partial charge in [0.1, 0.15) is 0 Å². The summed E-state index contributed by atoms with van der Waals surface area (Å²) in [4.78, 5) is 24.7. The van der Waals surface area contributed by atoms with Gasteiger partial charge in [0.25, 0.3) is 5.91 Å². The van der Waals surface area contributed by atoms with Crippen LogP contribution in [0.5, 0.6) is 0 Å². The van der Waals surface area contributed by atoms with Crippen molar-refractivity contribution in [3.05, 3.63) is 94.6 Å². The topological polar surface area (TPSA) is 58.1 Å². The molecule has 0 spiro atoms. The van der Waals surface area contributed by atoms with Crippen LogP contribution in [-0.2, 0) is 13.1 Å². The largest absolute Gasteiger partial charge is 0.348 e. The van der Waals surface area contributed by atoms with Gasteiger partial charge in [-0.1, -0.05) is 30.3 Å². The number of aromatic nitrogens is 2. The van der Waals surface area contributed by atoms with Crippen molar-refractivity contribution in [1.29, 1.82) is 0 Å². The molecule has 2 aromatic heterocycles. The molecule has 0 atom stereocenters. The number of piperidine rings is 1. The van der Waals surface area contributed by atoms with Crippen molar-refractivity contribution in [3.63, 3.8) is 0 Å². The van der Waals surface area contributed by atoms with Crippen LogP contribution in [0.1, 0.15) is 57.3 Å². The second-order valence-corrected chi connectivity index (χ2v) is 8.37. The molecule has 1 aromatic carbocycles. The fraction of sp³-hybridized carbons (Fsp3) is 0.346. The highest BCUT2D eigenvalue weighted by molar-refractivity contribution is 5.95. The van der Waals surface area contributed by atoms with Crippen molar-refractivity contribution in [2.75, 3.05) is 13.1 Å². The number of amides is 1. The van der Waals surface area contributed by atoms with Crippen molar-refractivity contribution in [3.8, 4) is 0 Å². The Hall–Kier alpha value is -3.05.